The Morgan fingerprint density at radius 3 is 1.50 bits per heavy atom. The van der Waals surface area contributed by atoms with Gasteiger partial charge in [-0.15, -0.1) is 0 Å². The minimum Gasteiger partial charge on any atom is -0.481 e. The highest BCUT2D eigenvalue weighted by Crippen LogP contribution is 1.93. The maximum Gasteiger partial charge on any atom is 0.308 e. The smallest absolute Gasteiger partial charge is 0.308 e. The van der Waals surface area contributed by atoms with Crippen molar-refractivity contribution in [1.82, 2.24) is 0 Å². The molecule has 1 N–H and O–H groups in total. The van der Waals surface area contributed by atoms with Crippen molar-refractivity contribution in [2.24, 2.45) is 0 Å². The topological polar surface area (TPSA) is 119 Å². The Labute approximate surface area is 153 Å². The van der Waals surface area contributed by atoms with Crippen molar-refractivity contribution in [3.8, 4) is 0 Å². The van der Waals surface area contributed by atoms with E-state index in [9.17, 15) is 9.59 Å². The number of hydrogen-bond acceptors (Lipinski definition) is 9. The van der Waals surface area contributed by atoms with Gasteiger partial charge in [0.15, 0.2) is 6.79 Å². The van der Waals surface area contributed by atoms with E-state index in [0.29, 0.717) is 59.5 Å². The summed E-state index contributed by atoms with van der Waals surface area (Å²) in [5, 5.41) is 8.40. The summed E-state index contributed by atoms with van der Waals surface area (Å²) in [7, 11) is 1.62. The van der Waals surface area contributed by atoms with Crippen LogP contribution >= 0.6 is 0 Å². The van der Waals surface area contributed by atoms with Crippen LogP contribution in [-0.4, -0.2) is 97.0 Å². The first-order chi connectivity index (χ1) is 12.7. The highest BCUT2D eigenvalue weighted by atomic mass is 16.7. The summed E-state index contributed by atoms with van der Waals surface area (Å²) in [6.07, 6.45) is -0.424. The number of aliphatic carboxylic acids is 1. The van der Waals surface area contributed by atoms with Crippen LogP contribution in [0.3, 0.4) is 0 Å². The van der Waals surface area contributed by atoms with Gasteiger partial charge in [0.05, 0.1) is 78.9 Å². The van der Waals surface area contributed by atoms with E-state index < -0.39 is 11.9 Å². The van der Waals surface area contributed by atoms with Crippen molar-refractivity contribution in [1.29, 1.82) is 0 Å². The standard InChI is InChI=1S/C16H30O10/c1-20-4-5-21-6-7-22-8-9-23-10-11-24-12-13-25-14-26-16(19)3-2-15(17)18/h2-14H2,1H3,(H,17,18). The predicted octanol–water partition coefficient (Wildman–Crippen LogP) is 0.0813. The largest absolute Gasteiger partial charge is 0.481 e. The lowest BCUT2D eigenvalue weighted by molar-refractivity contribution is -0.159. The van der Waals surface area contributed by atoms with Crippen LogP contribution < -0.4 is 0 Å². The SMILES string of the molecule is COCCOCCOCCOCCOCCOCOC(=O)CCC(=O)O. The molecule has 0 spiro atoms. The second kappa shape index (κ2) is 20.0. The first-order valence-electron chi connectivity index (χ1n) is 8.42. The Morgan fingerprint density at radius 1 is 0.654 bits per heavy atom. The molecule has 10 nitrogen and oxygen atoms in total. The summed E-state index contributed by atoms with van der Waals surface area (Å²) in [6.45, 7) is 4.39. The highest BCUT2D eigenvalue weighted by Gasteiger charge is 2.05. The van der Waals surface area contributed by atoms with Crippen molar-refractivity contribution in [3.63, 3.8) is 0 Å². The van der Waals surface area contributed by atoms with Crippen molar-refractivity contribution in [2.45, 2.75) is 12.8 Å². The number of hydrogen-bond donors (Lipinski definition) is 1. The Morgan fingerprint density at radius 2 is 1.08 bits per heavy atom. The maximum absolute atomic E-state index is 11.1. The van der Waals surface area contributed by atoms with Gasteiger partial charge in [0.1, 0.15) is 0 Å². The molecule has 0 radical (unpaired) electrons. The molecule has 0 aromatic carbocycles. The molecule has 0 aromatic rings. The number of carboxylic acids is 1. The Bertz CT molecular complexity index is 337. The van der Waals surface area contributed by atoms with Crippen molar-refractivity contribution in [3.05, 3.63) is 0 Å². The molecule has 0 heterocycles. The first kappa shape index (κ1) is 24.7. The molecule has 0 fully saturated rings. The van der Waals surface area contributed by atoms with Gasteiger partial charge >= 0.3 is 11.9 Å². The molecule has 0 aliphatic heterocycles. The van der Waals surface area contributed by atoms with E-state index in [1.54, 1.807) is 7.11 Å². The quantitative estimate of drug-likeness (QED) is 0.176. The molecule has 154 valence electrons. The molecule has 0 aliphatic rings. The number of rotatable bonds is 20. The molecular formula is C16H30O10. The summed E-state index contributed by atoms with van der Waals surface area (Å²) in [5.41, 5.74) is 0. The molecule has 0 rings (SSSR count). The number of carbonyl (C=O) groups excluding carboxylic acids is 1. The van der Waals surface area contributed by atoms with Crippen LogP contribution in [0.25, 0.3) is 0 Å². The van der Waals surface area contributed by atoms with Crippen LogP contribution in [-0.2, 0) is 42.7 Å². The van der Waals surface area contributed by atoms with Gasteiger partial charge in [0.2, 0.25) is 0 Å². The lowest BCUT2D eigenvalue weighted by Gasteiger charge is -2.08. The highest BCUT2D eigenvalue weighted by molar-refractivity contribution is 5.76. The second-order valence-electron chi connectivity index (χ2n) is 4.88. The monoisotopic (exact) mass is 382 g/mol. The van der Waals surface area contributed by atoms with Crippen molar-refractivity contribution >= 4 is 11.9 Å². The van der Waals surface area contributed by atoms with E-state index in [2.05, 4.69) is 4.74 Å². The molecule has 26 heavy (non-hydrogen) atoms. The third-order valence-electron chi connectivity index (χ3n) is 2.77. The van der Waals surface area contributed by atoms with Crippen LogP contribution in [0.1, 0.15) is 12.8 Å². The second-order valence-corrected chi connectivity index (χ2v) is 4.88. The van der Waals surface area contributed by atoms with Crippen LogP contribution in [0.4, 0.5) is 0 Å². The molecule has 0 aliphatic carbocycles. The summed E-state index contributed by atoms with van der Waals surface area (Å²) in [5.74, 6) is -1.65. The summed E-state index contributed by atoms with van der Waals surface area (Å²) < 4.78 is 35.7. The van der Waals surface area contributed by atoms with Crippen molar-refractivity contribution in [2.75, 3.05) is 80.0 Å². The number of carboxylic acid groups (broad SMARTS) is 1. The van der Waals surface area contributed by atoms with E-state index in [0.717, 1.165) is 0 Å². The number of ether oxygens (including phenoxy) is 7. The fourth-order valence-corrected chi connectivity index (χ4v) is 1.47. The van der Waals surface area contributed by atoms with Gasteiger partial charge < -0.3 is 38.3 Å². The minimum absolute atomic E-state index is 0.170. The minimum atomic E-state index is -1.04. The summed E-state index contributed by atoms with van der Waals surface area (Å²) >= 11 is 0. The normalized spacial score (nSPS) is 10.8. The molecule has 10 heteroatoms. The van der Waals surface area contributed by atoms with Crippen LogP contribution in [0.15, 0.2) is 0 Å². The maximum atomic E-state index is 11.1. The van der Waals surface area contributed by atoms with E-state index in [-0.39, 0.29) is 26.2 Å². The molecule has 0 amide bonds. The van der Waals surface area contributed by atoms with Crippen LogP contribution in [0, 0.1) is 0 Å². The van der Waals surface area contributed by atoms with Gasteiger partial charge in [0, 0.05) is 7.11 Å². The van der Waals surface area contributed by atoms with E-state index in [1.807, 2.05) is 0 Å². The zero-order valence-electron chi connectivity index (χ0n) is 15.3. The zero-order chi connectivity index (χ0) is 19.3. The Hall–Kier alpha value is -1.30. The summed E-state index contributed by atoms with van der Waals surface area (Å²) in [4.78, 5) is 21.3. The van der Waals surface area contributed by atoms with Gasteiger partial charge in [-0.2, -0.15) is 0 Å². The number of carbonyl (C=O) groups is 2. The summed E-state index contributed by atoms with van der Waals surface area (Å²) in [6, 6.07) is 0. The number of methoxy groups -OCH3 is 1. The molecule has 0 saturated heterocycles. The molecule has 0 bridgehead atoms. The molecule has 0 saturated carbocycles. The van der Waals surface area contributed by atoms with Gasteiger partial charge in [-0.1, -0.05) is 0 Å². The zero-order valence-corrected chi connectivity index (χ0v) is 15.3. The Kier molecular flexibility index (Phi) is 19.0. The van der Waals surface area contributed by atoms with Crippen molar-refractivity contribution < 1.29 is 47.9 Å². The first-order valence-corrected chi connectivity index (χ1v) is 8.42. The van der Waals surface area contributed by atoms with E-state index >= 15 is 0 Å². The average Bonchev–Trinajstić information content (AvgIpc) is 2.62. The lowest BCUT2D eigenvalue weighted by atomic mass is 10.3. The van der Waals surface area contributed by atoms with Crippen LogP contribution in [0.2, 0.25) is 0 Å². The van der Waals surface area contributed by atoms with Gasteiger partial charge in [0.25, 0.3) is 0 Å². The Balaban J connectivity index is 3.09. The fraction of sp³-hybridized carbons (Fsp3) is 0.875. The fourth-order valence-electron chi connectivity index (χ4n) is 1.47. The van der Waals surface area contributed by atoms with E-state index in [1.165, 1.54) is 0 Å². The molecule has 0 aromatic heterocycles. The van der Waals surface area contributed by atoms with Gasteiger partial charge in [-0.05, 0) is 0 Å². The van der Waals surface area contributed by atoms with Crippen LogP contribution in [0.5, 0.6) is 0 Å². The molecule has 0 atom stereocenters. The van der Waals surface area contributed by atoms with E-state index in [4.69, 9.17) is 33.5 Å². The van der Waals surface area contributed by atoms with Gasteiger partial charge in [-0.25, -0.2) is 0 Å². The molecule has 0 unspecified atom stereocenters. The van der Waals surface area contributed by atoms with Gasteiger partial charge in [-0.3, -0.25) is 9.59 Å². The third-order valence-corrected chi connectivity index (χ3v) is 2.77. The number of esters is 1. The lowest BCUT2D eigenvalue weighted by Crippen LogP contribution is -2.15. The average molecular weight is 382 g/mol. The predicted molar refractivity (Wildman–Crippen MR) is 88.9 cm³/mol. The molecular weight excluding hydrogens is 352 g/mol. The third kappa shape index (κ3) is 20.7.